The van der Waals surface area contributed by atoms with E-state index >= 15 is 0 Å². The Bertz CT molecular complexity index is 4600. The standard InChI is InChI=1S/C66H38N6S/c67-39-40-24-29-60-50(34-40)51-35-41(26-30-61(51)71(60)44-13-9-12-43(37-44)70-56-20-5-1-14-46(56)47-15-2-6-21-57(47)70)42-25-28-52-63(36-42)73-62-31-27-45(72-58-22-7-3-16-48(58)49-17-4-8-23-59(49)72)38-55(62)66(52)53-18-10-32-68-64(53)65-54(66)19-11-33-69-65/h1-38H. The van der Waals surface area contributed by atoms with Gasteiger partial charge in [-0.3, -0.25) is 9.97 Å². The van der Waals surface area contributed by atoms with Crippen molar-refractivity contribution in [1.82, 2.24) is 23.7 Å². The molecule has 2 aliphatic rings. The lowest BCUT2D eigenvalue weighted by Gasteiger charge is -2.39. The number of rotatable bonds is 4. The van der Waals surface area contributed by atoms with E-state index in [1.54, 1.807) is 0 Å². The molecule has 0 saturated carbocycles. The highest BCUT2D eigenvalue weighted by molar-refractivity contribution is 7.99. The van der Waals surface area contributed by atoms with Crippen molar-refractivity contribution < 1.29 is 0 Å². The van der Waals surface area contributed by atoms with Gasteiger partial charge in [-0.1, -0.05) is 121 Å². The molecule has 0 bridgehead atoms. The summed E-state index contributed by atoms with van der Waals surface area (Å²) in [7, 11) is 0. The molecule has 16 rings (SSSR count). The fourth-order valence-electron chi connectivity index (χ4n) is 12.6. The smallest absolute Gasteiger partial charge is 0.0991 e. The first-order valence-electron chi connectivity index (χ1n) is 24.6. The zero-order valence-electron chi connectivity index (χ0n) is 39.0. The Kier molecular flexibility index (Phi) is 8.28. The summed E-state index contributed by atoms with van der Waals surface area (Å²) >= 11 is 1.84. The Morgan fingerprint density at radius 3 is 1.42 bits per heavy atom. The predicted octanol–water partition coefficient (Wildman–Crippen LogP) is 16.1. The molecular formula is C66H38N6S. The van der Waals surface area contributed by atoms with Gasteiger partial charge in [0, 0.05) is 71.6 Å². The number of hydrogen-bond donors (Lipinski definition) is 0. The molecule has 7 heteroatoms. The van der Waals surface area contributed by atoms with Gasteiger partial charge in [0.15, 0.2) is 0 Å². The van der Waals surface area contributed by atoms with Gasteiger partial charge in [-0.05, 0) is 143 Å². The fraction of sp³-hybridized carbons (Fsp3) is 0.0152. The van der Waals surface area contributed by atoms with Gasteiger partial charge in [0.05, 0.1) is 61.5 Å². The van der Waals surface area contributed by atoms with Crippen LogP contribution in [0.4, 0.5) is 0 Å². The number of pyridine rings is 2. The number of para-hydroxylation sites is 4. The third-order valence-corrected chi connectivity index (χ3v) is 16.7. The quantitative estimate of drug-likeness (QED) is 0.176. The topological polar surface area (TPSA) is 64.4 Å². The summed E-state index contributed by atoms with van der Waals surface area (Å²) < 4.78 is 7.13. The molecule has 14 aromatic rings. The Morgan fingerprint density at radius 1 is 0.356 bits per heavy atom. The highest BCUT2D eigenvalue weighted by Gasteiger charge is 2.51. The van der Waals surface area contributed by atoms with Gasteiger partial charge < -0.3 is 13.7 Å². The number of nitriles is 1. The maximum atomic E-state index is 10.2. The van der Waals surface area contributed by atoms with Gasteiger partial charge >= 0.3 is 0 Å². The third-order valence-electron chi connectivity index (χ3n) is 15.6. The molecule has 1 aliphatic heterocycles. The lowest BCUT2D eigenvalue weighted by atomic mass is 9.67. The third kappa shape index (κ3) is 5.47. The zero-order chi connectivity index (χ0) is 47.9. The number of nitrogens with zero attached hydrogens (tertiary/aromatic N) is 6. The summed E-state index contributed by atoms with van der Waals surface area (Å²) in [6.07, 6.45) is 3.78. The van der Waals surface area contributed by atoms with E-state index in [-0.39, 0.29) is 0 Å². The molecule has 0 amide bonds. The van der Waals surface area contributed by atoms with E-state index in [2.05, 4.69) is 226 Å². The molecule has 0 atom stereocenters. The minimum atomic E-state index is -0.671. The monoisotopic (exact) mass is 946 g/mol. The molecular weight excluding hydrogens is 909 g/mol. The normalized spacial score (nSPS) is 13.2. The van der Waals surface area contributed by atoms with Crippen molar-refractivity contribution in [3.05, 3.63) is 259 Å². The van der Waals surface area contributed by atoms with Crippen LogP contribution in [0, 0.1) is 11.3 Å². The first-order valence-corrected chi connectivity index (χ1v) is 25.4. The lowest BCUT2D eigenvalue weighted by molar-refractivity contribution is 0.718. The van der Waals surface area contributed by atoms with Crippen LogP contribution in [-0.2, 0) is 5.41 Å². The van der Waals surface area contributed by atoms with Crippen molar-refractivity contribution in [3.63, 3.8) is 0 Å². The van der Waals surface area contributed by atoms with Gasteiger partial charge in [0.25, 0.3) is 0 Å². The van der Waals surface area contributed by atoms with Crippen molar-refractivity contribution in [3.8, 4) is 45.6 Å². The van der Waals surface area contributed by atoms with Gasteiger partial charge in [-0.2, -0.15) is 5.26 Å². The number of fused-ring (bicyclic) bond motifs is 18. The average Bonchev–Trinajstić information content (AvgIpc) is 4.17. The molecule has 0 unspecified atom stereocenters. The zero-order valence-corrected chi connectivity index (χ0v) is 39.8. The molecule has 0 radical (unpaired) electrons. The van der Waals surface area contributed by atoms with Gasteiger partial charge in [-0.25, -0.2) is 0 Å². The molecule has 338 valence electrons. The summed E-state index contributed by atoms with van der Waals surface area (Å²) in [6, 6.07) is 81.6. The lowest BCUT2D eigenvalue weighted by Crippen LogP contribution is -2.32. The second-order valence-electron chi connectivity index (χ2n) is 19.2. The van der Waals surface area contributed by atoms with Crippen molar-refractivity contribution in [2.75, 3.05) is 0 Å². The van der Waals surface area contributed by atoms with Crippen LogP contribution < -0.4 is 0 Å². The van der Waals surface area contributed by atoms with Gasteiger partial charge in [-0.15, -0.1) is 0 Å². The molecule has 5 aromatic heterocycles. The largest absolute Gasteiger partial charge is 0.309 e. The van der Waals surface area contributed by atoms with Gasteiger partial charge in [0.2, 0.25) is 0 Å². The summed E-state index contributed by atoms with van der Waals surface area (Å²) in [5, 5.41) is 17.3. The fourth-order valence-corrected chi connectivity index (χ4v) is 13.9. The maximum absolute atomic E-state index is 10.2. The summed E-state index contributed by atoms with van der Waals surface area (Å²) in [5.41, 5.74) is 18.8. The minimum absolute atomic E-state index is 0.632. The molecule has 0 N–H and O–H groups in total. The summed E-state index contributed by atoms with van der Waals surface area (Å²) in [6.45, 7) is 0. The molecule has 73 heavy (non-hydrogen) atoms. The van der Waals surface area contributed by atoms with Crippen LogP contribution in [0.5, 0.6) is 0 Å². The van der Waals surface area contributed by atoms with Crippen LogP contribution in [0.1, 0.15) is 27.8 Å². The van der Waals surface area contributed by atoms with Crippen molar-refractivity contribution in [2.24, 2.45) is 0 Å². The Labute approximate surface area is 423 Å². The Balaban J connectivity index is 0.877. The molecule has 9 aromatic carbocycles. The second kappa shape index (κ2) is 15.0. The van der Waals surface area contributed by atoms with Crippen LogP contribution in [0.3, 0.4) is 0 Å². The Hall–Kier alpha value is -9.48. The van der Waals surface area contributed by atoms with Crippen LogP contribution >= 0.6 is 11.8 Å². The first kappa shape index (κ1) is 40.3. The molecule has 0 saturated heterocycles. The van der Waals surface area contributed by atoms with Crippen molar-refractivity contribution >= 4 is 77.2 Å². The van der Waals surface area contributed by atoms with Gasteiger partial charge in [0.1, 0.15) is 0 Å². The van der Waals surface area contributed by atoms with E-state index in [0.717, 1.165) is 72.5 Å². The summed E-state index contributed by atoms with van der Waals surface area (Å²) in [4.78, 5) is 12.5. The van der Waals surface area contributed by atoms with Crippen LogP contribution in [0.2, 0.25) is 0 Å². The summed E-state index contributed by atoms with van der Waals surface area (Å²) in [5.74, 6) is 0. The number of benzene rings is 9. The molecule has 1 aliphatic carbocycles. The van der Waals surface area contributed by atoms with Crippen LogP contribution in [0.25, 0.3) is 105 Å². The SMILES string of the molecule is N#Cc1ccc2c(c1)c1cc(-c3ccc4c(c3)Sc3ccc(-n5c6ccccc6c6ccccc65)cc3C43c4cccnc4-c4ncccc43)ccc1n2-c1cccc(-n2c3ccccc3c3ccccc32)c1. The first-order chi connectivity index (χ1) is 36.2. The van der Waals surface area contributed by atoms with Crippen molar-refractivity contribution in [1.29, 1.82) is 5.26 Å². The van der Waals surface area contributed by atoms with E-state index in [1.165, 1.54) is 64.5 Å². The van der Waals surface area contributed by atoms with E-state index < -0.39 is 5.41 Å². The van der Waals surface area contributed by atoms with E-state index in [1.807, 2.05) is 36.3 Å². The average molecular weight is 947 g/mol. The molecule has 0 fully saturated rings. The maximum Gasteiger partial charge on any atom is 0.0991 e. The molecule has 6 heterocycles. The van der Waals surface area contributed by atoms with E-state index in [0.29, 0.717) is 5.56 Å². The molecule has 1 spiro atoms. The highest BCUT2D eigenvalue weighted by atomic mass is 32.2. The molecule has 6 nitrogen and oxygen atoms in total. The van der Waals surface area contributed by atoms with E-state index in [9.17, 15) is 5.26 Å². The second-order valence-corrected chi connectivity index (χ2v) is 20.3. The van der Waals surface area contributed by atoms with Crippen LogP contribution in [0.15, 0.2) is 241 Å². The van der Waals surface area contributed by atoms with E-state index in [4.69, 9.17) is 9.97 Å². The minimum Gasteiger partial charge on any atom is -0.309 e. The predicted molar refractivity (Wildman–Crippen MR) is 297 cm³/mol. The van der Waals surface area contributed by atoms with Crippen molar-refractivity contribution in [2.45, 2.75) is 15.2 Å². The Morgan fingerprint density at radius 2 is 0.849 bits per heavy atom. The highest BCUT2D eigenvalue weighted by Crippen LogP contribution is 2.62. The van der Waals surface area contributed by atoms with Crippen LogP contribution in [-0.4, -0.2) is 23.7 Å². The number of hydrogen-bond acceptors (Lipinski definition) is 4. The number of aromatic nitrogens is 5.